The van der Waals surface area contributed by atoms with E-state index in [0.29, 0.717) is 19.0 Å². The maximum atomic E-state index is 12.5. The number of nitrogens with zero attached hydrogens (tertiary/aromatic N) is 1. The number of ether oxygens (including phenoxy) is 1. The average molecular weight is 364 g/mol. The molecule has 0 saturated carbocycles. The number of rotatable bonds is 4. The van der Waals surface area contributed by atoms with Gasteiger partial charge in [-0.25, -0.2) is 0 Å². The van der Waals surface area contributed by atoms with Crippen molar-refractivity contribution in [1.29, 1.82) is 0 Å². The van der Waals surface area contributed by atoms with Gasteiger partial charge in [0.15, 0.2) is 11.2 Å². The minimum Gasteiger partial charge on any atom is -0.456 e. The third-order valence-corrected chi connectivity index (χ3v) is 4.85. The van der Waals surface area contributed by atoms with E-state index in [1.165, 1.54) is 17.7 Å². The van der Waals surface area contributed by atoms with Crippen LogP contribution in [0.3, 0.4) is 0 Å². The van der Waals surface area contributed by atoms with Crippen LogP contribution in [0.15, 0.2) is 57.9 Å². The maximum Gasteiger partial charge on any atom is 0.287 e. The molecule has 1 aliphatic rings. The van der Waals surface area contributed by atoms with E-state index in [1.54, 1.807) is 6.92 Å². The lowest BCUT2D eigenvalue weighted by molar-refractivity contribution is 0.0893. The number of carbonyl (C=O) groups excluding carboxylic acids is 1. The molecule has 1 amide bonds. The number of fused-ring (bicyclic) bond motifs is 1. The molecule has 0 aliphatic carbocycles. The normalized spacial score (nSPS) is 19.3. The average Bonchev–Trinajstić information content (AvgIpc) is 3.08. The zero-order valence-corrected chi connectivity index (χ0v) is 15.0. The Balaban J connectivity index is 1.52. The van der Waals surface area contributed by atoms with Gasteiger partial charge in [-0.05, 0) is 31.0 Å². The van der Waals surface area contributed by atoms with Gasteiger partial charge in [0.05, 0.1) is 24.8 Å². The first-order valence-corrected chi connectivity index (χ1v) is 8.93. The number of amides is 1. The van der Waals surface area contributed by atoms with Crippen LogP contribution in [0.2, 0.25) is 0 Å². The van der Waals surface area contributed by atoms with E-state index >= 15 is 0 Å². The molecule has 138 valence electrons. The zero-order chi connectivity index (χ0) is 18.8. The molecule has 0 radical (unpaired) electrons. The summed E-state index contributed by atoms with van der Waals surface area (Å²) in [4.78, 5) is 28.5. The molecule has 1 saturated heterocycles. The SMILES string of the molecule is Cc1cc(=O)cc(C(=O)N[C@@H]2COC[C@H]2Cc2ccnc3ccccc23)o1. The van der Waals surface area contributed by atoms with Crippen LogP contribution >= 0.6 is 0 Å². The minimum absolute atomic E-state index is 0.0278. The van der Waals surface area contributed by atoms with Gasteiger partial charge in [-0.1, -0.05) is 18.2 Å². The highest BCUT2D eigenvalue weighted by atomic mass is 16.5. The molecule has 1 N–H and O–H groups in total. The van der Waals surface area contributed by atoms with Gasteiger partial charge in [0.1, 0.15) is 5.76 Å². The van der Waals surface area contributed by atoms with Gasteiger partial charge in [0.2, 0.25) is 0 Å². The molecule has 6 heteroatoms. The van der Waals surface area contributed by atoms with Crippen molar-refractivity contribution in [3.05, 3.63) is 76.0 Å². The van der Waals surface area contributed by atoms with Gasteiger partial charge in [-0.15, -0.1) is 0 Å². The molecule has 27 heavy (non-hydrogen) atoms. The molecule has 4 rings (SSSR count). The molecular weight excluding hydrogens is 344 g/mol. The quantitative estimate of drug-likeness (QED) is 0.769. The highest BCUT2D eigenvalue weighted by molar-refractivity contribution is 5.91. The van der Waals surface area contributed by atoms with Crippen molar-refractivity contribution in [3.8, 4) is 0 Å². The van der Waals surface area contributed by atoms with Crippen molar-refractivity contribution in [3.63, 3.8) is 0 Å². The summed E-state index contributed by atoms with van der Waals surface area (Å²) in [5.41, 5.74) is 1.89. The van der Waals surface area contributed by atoms with Crippen molar-refractivity contribution >= 4 is 16.8 Å². The molecule has 3 heterocycles. The van der Waals surface area contributed by atoms with Crippen molar-refractivity contribution in [2.45, 2.75) is 19.4 Å². The molecule has 2 atom stereocenters. The van der Waals surface area contributed by atoms with E-state index in [1.807, 2.05) is 30.5 Å². The summed E-state index contributed by atoms with van der Waals surface area (Å²) in [6.45, 7) is 2.66. The van der Waals surface area contributed by atoms with Gasteiger partial charge in [0.25, 0.3) is 5.91 Å². The number of aryl methyl sites for hydroxylation is 1. The Bertz CT molecular complexity index is 1040. The Morgan fingerprint density at radius 1 is 1.22 bits per heavy atom. The number of hydrogen-bond donors (Lipinski definition) is 1. The molecule has 0 bridgehead atoms. The van der Waals surface area contributed by atoms with Crippen LogP contribution in [-0.4, -0.2) is 30.1 Å². The Hall–Kier alpha value is -2.99. The molecule has 0 spiro atoms. The number of pyridine rings is 1. The monoisotopic (exact) mass is 364 g/mol. The first-order chi connectivity index (χ1) is 13.1. The third-order valence-electron chi connectivity index (χ3n) is 4.85. The first kappa shape index (κ1) is 17.4. The topological polar surface area (TPSA) is 81.4 Å². The van der Waals surface area contributed by atoms with E-state index < -0.39 is 5.91 Å². The lowest BCUT2D eigenvalue weighted by atomic mass is 9.93. The summed E-state index contributed by atoms with van der Waals surface area (Å²) in [6.07, 6.45) is 2.58. The minimum atomic E-state index is -0.393. The van der Waals surface area contributed by atoms with Crippen LogP contribution < -0.4 is 10.7 Å². The summed E-state index contributed by atoms with van der Waals surface area (Å²) in [6, 6.07) is 12.4. The predicted molar refractivity (Wildman–Crippen MR) is 101 cm³/mol. The molecule has 3 aromatic rings. The second-order valence-corrected chi connectivity index (χ2v) is 6.84. The number of hydrogen-bond acceptors (Lipinski definition) is 5. The predicted octanol–water partition coefficient (Wildman–Crippen LogP) is 2.48. The Morgan fingerprint density at radius 2 is 2.07 bits per heavy atom. The summed E-state index contributed by atoms with van der Waals surface area (Å²) in [7, 11) is 0. The summed E-state index contributed by atoms with van der Waals surface area (Å²) in [5.74, 6) is 0.183. The lowest BCUT2D eigenvalue weighted by Gasteiger charge is -2.19. The molecule has 1 aliphatic heterocycles. The van der Waals surface area contributed by atoms with Crippen LogP contribution in [0.5, 0.6) is 0 Å². The summed E-state index contributed by atoms with van der Waals surface area (Å²) < 4.78 is 11.0. The summed E-state index contributed by atoms with van der Waals surface area (Å²) >= 11 is 0. The van der Waals surface area contributed by atoms with Crippen molar-refractivity contribution in [1.82, 2.24) is 10.3 Å². The second-order valence-electron chi connectivity index (χ2n) is 6.84. The number of benzene rings is 1. The maximum absolute atomic E-state index is 12.5. The van der Waals surface area contributed by atoms with Crippen LogP contribution in [0.1, 0.15) is 21.9 Å². The van der Waals surface area contributed by atoms with E-state index in [9.17, 15) is 9.59 Å². The van der Waals surface area contributed by atoms with E-state index in [2.05, 4.69) is 16.4 Å². The number of nitrogens with one attached hydrogen (secondary N) is 1. The van der Waals surface area contributed by atoms with Gasteiger partial charge in [-0.2, -0.15) is 0 Å². The van der Waals surface area contributed by atoms with Crippen LogP contribution in [0.25, 0.3) is 10.9 Å². The van der Waals surface area contributed by atoms with E-state index in [4.69, 9.17) is 9.15 Å². The largest absolute Gasteiger partial charge is 0.456 e. The fourth-order valence-corrected chi connectivity index (χ4v) is 3.53. The second kappa shape index (κ2) is 7.32. The van der Waals surface area contributed by atoms with Crippen LogP contribution in [0.4, 0.5) is 0 Å². The fourth-order valence-electron chi connectivity index (χ4n) is 3.53. The van der Waals surface area contributed by atoms with Crippen molar-refractivity contribution in [2.24, 2.45) is 5.92 Å². The van der Waals surface area contributed by atoms with E-state index in [-0.39, 0.29) is 23.1 Å². The Labute approximate surface area is 156 Å². The Morgan fingerprint density at radius 3 is 2.93 bits per heavy atom. The van der Waals surface area contributed by atoms with Gasteiger partial charge in [-0.3, -0.25) is 14.6 Å². The molecular formula is C21H20N2O4. The van der Waals surface area contributed by atoms with E-state index in [0.717, 1.165) is 17.3 Å². The standard InChI is InChI=1S/C21H20N2O4/c1-13-8-16(24)10-20(27-13)21(25)23-19-12-26-11-15(19)9-14-6-7-22-18-5-3-2-4-17(14)18/h2-8,10,15,19H,9,11-12H2,1H3,(H,23,25)/t15-,19-/m1/s1. The smallest absolute Gasteiger partial charge is 0.287 e. The van der Waals surface area contributed by atoms with Gasteiger partial charge < -0.3 is 14.5 Å². The zero-order valence-electron chi connectivity index (χ0n) is 15.0. The van der Waals surface area contributed by atoms with Crippen LogP contribution in [0, 0.1) is 12.8 Å². The molecule has 2 aromatic heterocycles. The highest BCUT2D eigenvalue weighted by Gasteiger charge is 2.31. The van der Waals surface area contributed by atoms with Crippen molar-refractivity contribution < 1.29 is 13.9 Å². The summed E-state index contributed by atoms with van der Waals surface area (Å²) in [5, 5.41) is 4.07. The number of carbonyl (C=O) groups is 1. The first-order valence-electron chi connectivity index (χ1n) is 8.93. The Kier molecular flexibility index (Phi) is 4.73. The van der Waals surface area contributed by atoms with Crippen LogP contribution in [-0.2, 0) is 11.2 Å². The number of aromatic nitrogens is 1. The third kappa shape index (κ3) is 3.75. The van der Waals surface area contributed by atoms with Crippen molar-refractivity contribution in [2.75, 3.05) is 13.2 Å². The van der Waals surface area contributed by atoms with Gasteiger partial charge in [0, 0.05) is 29.6 Å². The molecule has 0 unspecified atom stereocenters. The molecule has 6 nitrogen and oxygen atoms in total. The number of para-hydroxylation sites is 1. The lowest BCUT2D eigenvalue weighted by Crippen LogP contribution is -2.40. The highest BCUT2D eigenvalue weighted by Crippen LogP contribution is 2.24. The fraction of sp³-hybridized carbons (Fsp3) is 0.286. The van der Waals surface area contributed by atoms with Gasteiger partial charge >= 0.3 is 0 Å². The molecule has 1 fully saturated rings. The molecule has 1 aromatic carbocycles.